The Balaban J connectivity index is 3.38. The van der Waals surface area contributed by atoms with E-state index in [4.69, 9.17) is 4.74 Å². The van der Waals surface area contributed by atoms with Crippen LogP contribution in [0.3, 0.4) is 0 Å². The summed E-state index contributed by atoms with van der Waals surface area (Å²) in [6.45, 7) is 4.89. The second-order valence-corrected chi connectivity index (χ2v) is 23.5. The van der Waals surface area contributed by atoms with Crippen LogP contribution in [0.4, 0.5) is 0 Å². The van der Waals surface area contributed by atoms with E-state index in [0.717, 1.165) is 44.9 Å². The van der Waals surface area contributed by atoms with Gasteiger partial charge in [0.1, 0.15) is 0 Å². The molecule has 76 heavy (non-hydrogen) atoms. The summed E-state index contributed by atoms with van der Waals surface area (Å²) in [6.07, 6.45) is 83.7. The van der Waals surface area contributed by atoms with Crippen LogP contribution in [-0.2, 0) is 14.3 Å². The third-order valence-electron chi connectivity index (χ3n) is 15.9. The molecule has 448 valence electrons. The summed E-state index contributed by atoms with van der Waals surface area (Å²) in [5.74, 6) is -0.0562. The molecule has 6 nitrogen and oxygen atoms in total. The first-order chi connectivity index (χ1) is 37.5. The van der Waals surface area contributed by atoms with Crippen molar-refractivity contribution >= 4 is 11.9 Å². The number of nitrogens with one attached hydrogen (secondary N) is 1. The van der Waals surface area contributed by atoms with Crippen molar-refractivity contribution in [1.29, 1.82) is 0 Å². The molecule has 0 saturated heterocycles. The molecule has 3 N–H and O–H groups in total. The van der Waals surface area contributed by atoms with E-state index in [1.54, 1.807) is 6.08 Å². The SMILES string of the molecule is CCCC/C=C\CCCCCCCC(=O)OCCCCCCCCCCCCCC/C=C\CCCCCCCCCCCCCCCCCCC(=O)NC(CO)C(O)/C=C/CCCCCCCCCCCCCCCC. The van der Waals surface area contributed by atoms with Gasteiger partial charge in [-0.2, -0.15) is 0 Å². The maximum absolute atomic E-state index is 12.5. The quantitative estimate of drug-likeness (QED) is 0.0320. The number of unbranched alkanes of at least 4 members (excludes halogenated alkanes) is 49. The van der Waals surface area contributed by atoms with Crippen molar-refractivity contribution in [3.63, 3.8) is 0 Å². The lowest BCUT2D eigenvalue weighted by molar-refractivity contribution is -0.143. The Morgan fingerprint density at radius 1 is 0.355 bits per heavy atom. The Labute approximate surface area is 474 Å². The molecule has 0 aromatic heterocycles. The lowest BCUT2D eigenvalue weighted by Crippen LogP contribution is -2.45. The predicted octanol–water partition coefficient (Wildman–Crippen LogP) is 21.9. The molecule has 0 heterocycles. The minimum absolute atomic E-state index is 0.00690. The molecule has 2 atom stereocenters. The van der Waals surface area contributed by atoms with Gasteiger partial charge in [-0.05, 0) is 77.0 Å². The molecule has 0 radical (unpaired) electrons. The third kappa shape index (κ3) is 61.3. The molecule has 0 spiro atoms. The van der Waals surface area contributed by atoms with Gasteiger partial charge in [0.15, 0.2) is 0 Å². The molecular formula is C70H133NO5. The molecule has 0 saturated carbocycles. The summed E-state index contributed by atoms with van der Waals surface area (Å²) in [5.41, 5.74) is 0. The first-order valence-corrected chi connectivity index (χ1v) is 34.3. The number of carbonyl (C=O) groups is 2. The minimum atomic E-state index is -0.843. The molecule has 2 unspecified atom stereocenters. The van der Waals surface area contributed by atoms with E-state index in [0.29, 0.717) is 19.4 Å². The number of amides is 1. The van der Waals surface area contributed by atoms with Gasteiger partial charge in [0.05, 0.1) is 25.4 Å². The van der Waals surface area contributed by atoms with Crippen molar-refractivity contribution in [2.45, 2.75) is 386 Å². The van der Waals surface area contributed by atoms with Crippen LogP contribution in [0, 0.1) is 0 Å². The first-order valence-electron chi connectivity index (χ1n) is 34.3. The number of aliphatic hydroxyl groups excluding tert-OH is 2. The Morgan fingerprint density at radius 2 is 0.632 bits per heavy atom. The molecule has 6 heteroatoms. The highest BCUT2D eigenvalue weighted by Crippen LogP contribution is 2.18. The Morgan fingerprint density at radius 3 is 0.974 bits per heavy atom. The highest BCUT2D eigenvalue weighted by Gasteiger charge is 2.18. The van der Waals surface area contributed by atoms with E-state index < -0.39 is 12.1 Å². The van der Waals surface area contributed by atoms with E-state index >= 15 is 0 Å². The van der Waals surface area contributed by atoms with Gasteiger partial charge in [-0.3, -0.25) is 9.59 Å². The van der Waals surface area contributed by atoms with Gasteiger partial charge >= 0.3 is 5.97 Å². The van der Waals surface area contributed by atoms with Gasteiger partial charge in [-0.25, -0.2) is 0 Å². The average molecular weight is 1070 g/mol. The van der Waals surface area contributed by atoms with Crippen LogP contribution in [0.2, 0.25) is 0 Å². The van der Waals surface area contributed by atoms with Crippen molar-refractivity contribution in [3.8, 4) is 0 Å². The zero-order chi connectivity index (χ0) is 55.0. The largest absolute Gasteiger partial charge is 0.466 e. The standard InChI is InChI=1S/C70H133NO5/c1-3-5-7-9-11-13-15-16-17-36-39-43-46-50-54-58-62-68(73)67(66-72)71-69(74)63-59-55-51-47-44-40-37-34-32-30-28-26-24-22-20-18-19-21-23-25-27-29-31-33-35-38-41-45-49-53-57-61-65-76-70(75)64-60-56-52-48-42-14-12-10-8-6-4-2/h10,12,21,23,58,62,67-68,72-73H,3-9,11,13-20,22,24-57,59-61,63-66H2,1-2H3,(H,71,74)/b12-10-,23-21-,62-58+. The zero-order valence-electron chi connectivity index (χ0n) is 51.3. The number of hydrogen-bond acceptors (Lipinski definition) is 5. The normalized spacial score (nSPS) is 12.7. The molecule has 1 amide bonds. The molecule has 0 aliphatic heterocycles. The number of esters is 1. The van der Waals surface area contributed by atoms with Gasteiger partial charge < -0.3 is 20.3 Å². The molecule has 0 rings (SSSR count). The Bertz CT molecular complexity index is 1230. The molecular weight excluding hydrogens is 935 g/mol. The van der Waals surface area contributed by atoms with Crippen molar-refractivity contribution < 1.29 is 24.5 Å². The maximum Gasteiger partial charge on any atom is 0.305 e. The summed E-state index contributed by atoms with van der Waals surface area (Å²) >= 11 is 0. The van der Waals surface area contributed by atoms with Gasteiger partial charge in [-0.1, -0.05) is 320 Å². The lowest BCUT2D eigenvalue weighted by atomic mass is 10.0. The van der Waals surface area contributed by atoms with Crippen LogP contribution >= 0.6 is 0 Å². The number of carbonyl (C=O) groups excluding carboxylic acids is 2. The fourth-order valence-corrected chi connectivity index (χ4v) is 10.6. The fourth-order valence-electron chi connectivity index (χ4n) is 10.6. The summed E-state index contributed by atoms with van der Waals surface area (Å²) < 4.78 is 5.46. The van der Waals surface area contributed by atoms with Crippen molar-refractivity contribution in [2.24, 2.45) is 0 Å². The minimum Gasteiger partial charge on any atom is -0.466 e. The molecule has 0 aliphatic rings. The lowest BCUT2D eigenvalue weighted by Gasteiger charge is -2.20. The predicted molar refractivity (Wildman–Crippen MR) is 333 cm³/mol. The fraction of sp³-hybridized carbons (Fsp3) is 0.886. The summed E-state index contributed by atoms with van der Waals surface area (Å²) in [6, 6.07) is -0.626. The maximum atomic E-state index is 12.5. The summed E-state index contributed by atoms with van der Waals surface area (Å²) in [7, 11) is 0. The topological polar surface area (TPSA) is 95.9 Å². The molecule has 0 fully saturated rings. The van der Waals surface area contributed by atoms with E-state index in [1.807, 2.05) is 6.08 Å². The number of hydrogen-bond donors (Lipinski definition) is 3. The smallest absolute Gasteiger partial charge is 0.305 e. The Hall–Kier alpha value is -1.92. The van der Waals surface area contributed by atoms with E-state index in [1.165, 1.54) is 302 Å². The third-order valence-corrected chi connectivity index (χ3v) is 15.9. The number of aliphatic hydroxyl groups is 2. The number of rotatable bonds is 64. The van der Waals surface area contributed by atoms with Gasteiger partial charge in [-0.15, -0.1) is 0 Å². The van der Waals surface area contributed by atoms with Crippen LogP contribution in [0.15, 0.2) is 36.5 Å². The van der Waals surface area contributed by atoms with Crippen molar-refractivity contribution in [2.75, 3.05) is 13.2 Å². The summed E-state index contributed by atoms with van der Waals surface area (Å²) in [5, 5.41) is 23.2. The van der Waals surface area contributed by atoms with E-state index in [-0.39, 0.29) is 18.5 Å². The molecule has 0 bridgehead atoms. The van der Waals surface area contributed by atoms with Crippen LogP contribution < -0.4 is 5.32 Å². The molecule has 0 aromatic rings. The average Bonchev–Trinajstić information content (AvgIpc) is 3.42. The summed E-state index contributed by atoms with van der Waals surface area (Å²) in [4.78, 5) is 24.5. The van der Waals surface area contributed by atoms with Crippen molar-refractivity contribution in [1.82, 2.24) is 5.32 Å². The second kappa shape index (κ2) is 65.6. The van der Waals surface area contributed by atoms with Crippen LogP contribution in [0.1, 0.15) is 373 Å². The van der Waals surface area contributed by atoms with Crippen LogP contribution in [0.25, 0.3) is 0 Å². The van der Waals surface area contributed by atoms with Crippen LogP contribution in [0.5, 0.6) is 0 Å². The van der Waals surface area contributed by atoms with Crippen LogP contribution in [-0.4, -0.2) is 47.4 Å². The van der Waals surface area contributed by atoms with Gasteiger partial charge in [0.25, 0.3) is 0 Å². The van der Waals surface area contributed by atoms with E-state index in [2.05, 4.69) is 43.5 Å². The zero-order valence-corrected chi connectivity index (χ0v) is 51.3. The van der Waals surface area contributed by atoms with E-state index in [9.17, 15) is 19.8 Å². The first kappa shape index (κ1) is 74.1. The highest BCUT2D eigenvalue weighted by molar-refractivity contribution is 5.76. The van der Waals surface area contributed by atoms with Gasteiger partial charge in [0, 0.05) is 12.8 Å². The number of allylic oxidation sites excluding steroid dienone is 5. The number of ether oxygens (including phenoxy) is 1. The molecule has 0 aromatic carbocycles. The molecule has 0 aliphatic carbocycles. The monoisotopic (exact) mass is 1070 g/mol. The second-order valence-electron chi connectivity index (χ2n) is 23.5. The highest BCUT2D eigenvalue weighted by atomic mass is 16.5. The van der Waals surface area contributed by atoms with Gasteiger partial charge in [0.2, 0.25) is 5.91 Å². The Kier molecular flexibility index (Phi) is 63.9. The van der Waals surface area contributed by atoms with Crippen molar-refractivity contribution in [3.05, 3.63) is 36.5 Å².